The van der Waals surface area contributed by atoms with Crippen LogP contribution >= 0.6 is 0 Å². The van der Waals surface area contributed by atoms with Crippen molar-refractivity contribution in [3.63, 3.8) is 0 Å². The molecule has 0 fully saturated rings. The van der Waals surface area contributed by atoms with Gasteiger partial charge in [-0.3, -0.25) is 0 Å². The molecule has 0 saturated carbocycles. The Balaban J connectivity index is 4.18. The molecule has 0 aliphatic carbocycles. The highest BCUT2D eigenvalue weighted by molar-refractivity contribution is 4.51. The smallest absolute Gasteiger partial charge is 0.0784 e. The average molecular weight is 329 g/mol. The summed E-state index contributed by atoms with van der Waals surface area (Å²) in [5.41, 5.74) is 0. The largest absolute Gasteiger partial charge is 0.331 e. The van der Waals surface area contributed by atoms with Crippen LogP contribution in [0.15, 0.2) is 0 Å². The van der Waals surface area contributed by atoms with Crippen molar-refractivity contribution in [3.05, 3.63) is 0 Å². The maximum Gasteiger partial charge on any atom is 0.0784 e. The fourth-order valence-electron chi connectivity index (χ4n) is 3.35. The highest BCUT2D eigenvalue weighted by atomic mass is 15.3. The molecular formula is C21H48N2+2. The van der Waals surface area contributed by atoms with E-state index in [2.05, 4.69) is 55.9 Å². The van der Waals surface area contributed by atoms with Gasteiger partial charge in [0.25, 0.3) is 0 Å². The second-order valence-corrected chi connectivity index (χ2v) is 9.94. The zero-order valence-electron chi connectivity index (χ0n) is 17.8. The van der Waals surface area contributed by atoms with Gasteiger partial charge in [-0.2, -0.15) is 0 Å². The van der Waals surface area contributed by atoms with E-state index >= 15 is 0 Å². The summed E-state index contributed by atoms with van der Waals surface area (Å²) in [7, 11) is 9.43. The minimum atomic E-state index is 0.851. The Morgan fingerprint density at radius 1 is 0.522 bits per heavy atom. The Labute approximate surface area is 148 Å². The van der Waals surface area contributed by atoms with Gasteiger partial charge in [-0.05, 0) is 56.8 Å². The second kappa shape index (κ2) is 11.5. The fourth-order valence-corrected chi connectivity index (χ4v) is 3.35. The van der Waals surface area contributed by atoms with E-state index in [9.17, 15) is 0 Å². The van der Waals surface area contributed by atoms with Gasteiger partial charge >= 0.3 is 0 Å². The van der Waals surface area contributed by atoms with E-state index in [0.717, 1.165) is 16.3 Å². The lowest BCUT2D eigenvalue weighted by molar-refractivity contribution is -0.910. The predicted molar refractivity (Wildman–Crippen MR) is 106 cm³/mol. The van der Waals surface area contributed by atoms with E-state index in [-0.39, 0.29) is 0 Å². The molecule has 2 heteroatoms. The highest BCUT2D eigenvalue weighted by Crippen LogP contribution is 2.16. The first-order chi connectivity index (χ1) is 10.5. The Morgan fingerprint density at radius 3 is 1.30 bits per heavy atom. The summed E-state index contributed by atoms with van der Waals surface area (Å²) in [4.78, 5) is 0. The molecule has 0 aromatic carbocycles. The first-order valence-electron chi connectivity index (χ1n) is 10.2. The molecule has 140 valence electrons. The van der Waals surface area contributed by atoms with Crippen LogP contribution in [-0.2, 0) is 0 Å². The van der Waals surface area contributed by atoms with Crippen LogP contribution in [-0.4, -0.2) is 63.3 Å². The molecule has 0 spiro atoms. The molecule has 0 saturated heterocycles. The lowest BCUT2D eigenvalue weighted by Crippen LogP contribution is -2.46. The number of hydrogen-bond acceptors (Lipinski definition) is 0. The molecule has 23 heavy (non-hydrogen) atoms. The Morgan fingerprint density at radius 2 is 0.913 bits per heavy atom. The van der Waals surface area contributed by atoms with Crippen molar-refractivity contribution in [2.45, 2.75) is 72.6 Å². The monoisotopic (exact) mass is 328 g/mol. The van der Waals surface area contributed by atoms with Gasteiger partial charge in [-0.1, -0.05) is 27.7 Å². The molecule has 0 heterocycles. The molecule has 0 rings (SSSR count). The quantitative estimate of drug-likeness (QED) is 0.304. The molecule has 0 aliphatic rings. The van der Waals surface area contributed by atoms with Crippen molar-refractivity contribution in [1.29, 1.82) is 0 Å². The first-order valence-corrected chi connectivity index (χ1v) is 10.2. The lowest BCUT2D eigenvalue weighted by atomic mass is 10.0. The summed E-state index contributed by atoms with van der Waals surface area (Å²) in [5.74, 6) is 1.70. The third kappa shape index (κ3) is 15.2. The van der Waals surface area contributed by atoms with Gasteiger partial charge in [0.05, 0.1) is 54.4 Å². The van der Waals surface area contributed by atoms with E-state index in [0.29, 0.717) is 0 Å². The van der Waals surface area contributed by atoms with Crippen LogP contribution < -0.4 is 0 Å². The molecule has 0 aliphatic heterocycles. The van der Waals surface area contributed by atoms with Crippen LogP contribution in [0, 0.1) is 11.8 Å². The van der Waals surface area contributed by atoms with E-state index in [1.54, 1.807) is 0 Å². The number of hydrogen-bond donors (Lipinski definition) is 0. The van der Waals surface area contributed by atoms with E-state index in [1.165, 1.54) is 75.6 Å². The summed E-state index contributed by atoms with van der Waals surface area (Å²) >= 11 is 0. The molecule has 0 radical (unpaired) electrons. The minimum absolute atomic E-state index is 0.851. The Bertz CT molecular complexity index is 262. The van der Waals surface area contributed by atoms with Crippen molar-refractivity contribution < 1.29 is 8.97 Å². The Kier molecular flexibility index (Phi) is 11.4. The van der Waals surface area contributed by atoms with E-state index in [1.807, 2.05) is 0 Å². The van der Waals surface area contributed by atoms with Crippen molar-refractivity contribution in [1.82, 2.24) is 0 Å². The molecule has 0 unspecified atom stereocenters. The predicted octanol–water partition coefficient (Wildman–Crippen LogP) is 5.18. The van der Waals surface area contributed by atoms with Crippen molar-refractivity contribution in [2.75, 3.05) is 54.4 Å². The topological polar surface area (TPSA) is 0 Å². The molecule has 0 aromatic rings. The van der Waals surface area contributed by atoms with Crippen LogP contribution in [0.4, 0.5) is 0 Å². The number of quaternary nitrogens is 2. The third-order valence-corrected chi connectivity index (χ3v) is 4.99. The number of unbranched alkanes of at least 4 members (excludes halogenated alkanes) is 2. The molecule has 0 N–H and O–H groups in total. The summed E-state index contributed by atoms with van der Waals surface area (Å²) < 4.78 is 2.42. The number of rotatable bonds is 14. The van der Waals surface area contributed by atoms with Crippen molar-refractivity contribution in [3.8, 4) is 0 Å². The van der Waals surface area contributed by atoms with Gasteiger partial charge in [-0.15, -0.1) is 0 Å². The molecule has 0 bridgehead atoms. The van der Waals surface area contributed by atoms with Gasteiger partial charge < -0.3 is 8.97 Å². The van der Waals surface area contributed by atoms with Gasteiger partial charge in [0, 0.05) is 0 Å². The van der Waals surface area contributed by atoms with Crippen molar-refractivity contribution >= 4 is 0 Å². The summed E-state index contributed by atoms with van der Waals surface area (Å²) in [6.07, 6.45) is 9.75. The highest BCUT2D eigenvalue weighted by Gasteiger charge is 2.21. The van der Waals surface area contributed by atoms with Crippen LogP contribution in [0.1, 0.15) is 72.6 Å². The van der Waals surface area contributed by atoms with Gasteiger partial charge in [0.2, 0.25) is 0 Å². The van der Waals surface area contributed by atoms with Gasteiger partial charge in [0.1, 0.15) is 0 Å². The van der Waals surface area contributed by atoms with Gasteiger partial charge in [-0.25, -0.2) is 0 Å². The van der Waals surface area contributed by atoms with Crippen LogP contribution in [0.5, 0.6) is 0 Å². The fraction of sp³-hybridized carbons (Fsp3) is 1.00. The molecule has 2 nitrogen and oxygen atoms in total. The van der Waals surface area contributed by atoms with Crippen molar-refractivity contribution in [2.24, 2.45) is 11.8 Å². The summed E-state index contributed by atoms with van der Waals surface area (Å²) in [6.45, 7) is 14.9. The average Bonchev–Trinajstić information content (AvgIpc) is 2.36. The zero-order valence-corrected chi connectivity index (χ0v) is 17.8. The standard InChI is InChI=1S/C21H48N2/c1-20(2)14-12-18-23(8,19-13-15-21(3)4)17-11-9-10-16-22(5,6)7/h20-21H,9-19H2,1-8H3/q+2. The lowest BCUT2D eigenvalue weighted by Gasteiger charge is -2.35. The third-order valence-electron chi connectivity index (χ3n) is 4.99. The van der Waals surface area contributed by atoms with E-state index in [4.69, 9.17) is 0 Å². The zero-order chi connectivity index (χ0) is 17.9. The van der Waals surface area contributed by atoms with Crippen LogP contribution in [0.25, 0.3) is 0 Å². The van der Waals surface area contributed by atoms with Gasteiger partial charge in [0.15, 0.2) is 0 Å². The molecule has 0 atom stereocenters. The maximum absolute atomic E-state index is 2.51. The molecule has 0 aromatic heterocycles. The van der Waals surface area contributed by atoms with Crippen LogP contribution in [0.2, 0.25) is 0 Å². The first kappa shape index (κ1) is 22.9. The molecular weight excluding hydrogens is 280 g/mol. The second-order valence-electron chi connectivity index (χ2n) is 9.94. The molecule has 0 amide bonds. The summed E-state index contributed by atoms with van der Waals surface area (Å²) in [5, 5.41) is 0. The minimum Gasteiger partial charge on any atom is -0.331 e. The van der Waals surface area contributed by atoms with Crippen LogP contribution in [0.3, 0.4) is 0 Å². The maximum atomic E-state index is 2.51. The Hall–Kier alpha value is -0.0800. The SMILES string of the molecule is CC(C)CCC[N+](C)(CCCCC[N+](C)(C)C)CCCC(C)C. The summed E-state index contributed by atoms with van der Waals surface area (Å²) in [6, 6.07) is 0. The normalized spacial score (nSPS) is 13.3. The van der Waals surface area contributed by atoms with E-state index < -0.39 is 0 Å². The number of nitrogens with zero attached hydrogens (tertiary/aromatic N) is 2.